The third-order valence-corrected chi connectivity index (χ3v) is 5.10. The fraction of sp³-hybridized carbons (Fsp3) is 0.571. The van der Waals surface area contributed by atoms with Crippen LogP contribution in [0.5, 0.6) is 0 Å². The van der Waals surface area contributed by atoms with Gasteiger partial charge in [-0.3, -0.25) is 10.1 Å². The highest BCUT2D eigenvalue weighted by Crippen LogP contribution is 2.36. The standard InChI is InChI=1S/C14H20N2O2S/c1-14(8-4-10-19-14)11-15-9-7-12-5-2-3-6-13(12)16(17)18/h2-3,5-6,15H,4,7-11H2,1H3. The largest absolute Gasteiger partial charge is 0.315 e. The maximum Gasteiger partial charge on any atom is 0.272 e. The predicted molar refractivity (Wildman–Crippen MR) is 79.8 cm³/mol. The number of rotatable bonds is 6. The molecular formula is C14H20N2O2S. The molecule has 0 bridgehead atoms. The first-order chi connectivity index (χ1) is 9.11. The lowest BCUT2D eigenvalue weighted by Gasteiger charge is -2.22. The molecule has 1 aromatic carbocycles. The number of thioether (sulfide) groups is 1. The van der Waals surface area contributed by atoms with E-state index >= 15 is 0 Å². The van der Waals surface area contributed by atoms with Gasteiger partial charge in [-0.15, -0.1) is 0 Å². The van der Waals surface area contributed by atoms with Gasteiger partial charge in [0, 0.05) is 22.9 Å². The van der Waals surface area contributed by atoms with Crippen molar-refractivity contribution in [1.82, 2.24) is 5.32 Å². The monoisotopic (exact) mass is 280 g/mol. The van der Waals surface area contributed by atoms with Crippen molar-refractivity contribution in [2.75, 3.05) is 18.8 Å². The maximum absolute atomic E-state index is 10.9. The molecule has 0 amide bonds. The molecule has 0 radical (unpaired) electrons. The molecular weight excluding hydrogens is 260 g/mol. The lowest BCUT2D eigenvalue weighted by Crippen LogP contribution is -2.34. The van der Waals surface area contributed by atoms with Crippen LogP contribution in [0, 0.1) is 10.1 Å². The number of benzene rings is 1. The van der Waals surface area contributed by atoms with Crippen LogP contribution in [0.15, 0.2) is 24.3 Å². The zero-order valence-electron chi connectivity index (χ0n) is 11.2. The van der Waals surface area contributed by atoms with Crippen molar-refractivity contribution in [2.24, 2.45) is 0 Å². The topological polar surface area (TPSA) is 55.2 Å². The highest BCUT2D eigenvalue weighted by molar-refractivity contribution is 8.00. The molecule has 1 unspecified atom stereocenters. The molecule has 5 heteroatoms. The van der Waals surface area contributed by atoms with Gasteiger partial charge < -0.3 is 5.32 Å². The number of nitro groups is 1. The van der Waals surface area contributed by atoms with Crippen LogP contribution in [0.2, 0.25) is 0 Å². The van der Waals surface area contributed by atoms with Crippen LogP contribution in [0.3, 0.4) is 0 Å². The summed E-state index contributed by atoms with van der Waals surface area (Å²) in [7, 11) is 0. The van der Waals surface area contributed by atoms with Gasteiger partial charge in [-0.2, -0.15) is 11.8 Å². The SMILES string of the molecule is CC1(CNCCc2ccccc2[N+](=O)[O-])CCCS1. The summed E-state index contributed by atoms with van der Waals surface area (Å²) < 4.78 is 0.350. The molecule has 1 aliphatic rings. The molecule has 104 valence electrons. The first kappa shape index (κ1) is 14.3. The molecule has 0 spiro atoms. The second-order valence-electron chi connectivity index (χ2n) is 5.21. The summed E-state index contributed by atoms with van der Waals surface area (Å²) >= 11 is 2.03. The van der Waals surface area contributed by atoms with Crippen molar-refractivity contribution in [3.63, 3.8) is 0 Å². The van der Waals surface area contributed by atoms with Crippen molar-refractivity contribution in [3.8, 4) is 0 Å². The van der Waals surface area contributed by atoms with Crippen LogP contribution < -0.4 is 5.32 Å². The van der Waals surface area contributed by atoms with Crippen LogP contribution >= 0.6 is 11.8 Å². The Morgan fingerprint density at radius 3 is 2.95 bits per heavy atom. The van der Waals surface area contributed by atoms with Gasteiger partial charge in [0.25, 0.3) is 5.69 Å². The van der Waals surface area contributed by atoms with E-state index < -0.39 is 0 Å². The second-order valence-corrected chi connectivity index (χ2v) is 6.90. The van der Waals surface area contributed by atoms with Crippen molar-refractivity contribution < 1.29 is 4.92 Å². The zero-order valence-corrected chi connectivity index (χ0v) is 12.0. The Kier molecular flexibility index (Phi) is 4.82. The molecule has 1 aliphatic heterocycles. The van der Waals surface area contributed by atoms with E-state index in [9.17, 15) is 10.1 Å². The van der Waals surface area contributed by atoms with Crippen LogP contribution in [0.4, 0.5) is 5.69 Å². The molecule has 1 saturated heterocycles. The summed E-state index contributed by atoms with van der Waals surface area (Å²) in [4.78, 5) is 10.6. The van der Waals surface area contributed by atoms with Crippen LogP contribution in [-0.2, 0) is 6.42 Å². The molecule has 1 aromatic rings. The van der Waals surface area contributed by atoms with E-state index in [-0.39, 0.29) is 10.6 Å². The van der Waals surface area contributed by atoms with Gasteiger partial charge in [0.1, 0.15) is 0 Å². The lowest BCUT2D eigenvalue weighted by atomic mass is 10.1. The van der Waals surface area contributed by atoms with Gasteiger partial charge in [0.2, 0.25) is 0 Å². The average Bonchev–Trinajstić information content (AvgIpc) is 2.82. The Morgan fingerprint density at radius 1 is 1.47 bits per heavy atom. The molecule has 4 nitrogen and oxygen atoms in total. The summed E-state index contributed by atoms with van der Waals surface area (Å²) in [5.41, 5.74) is 1.04. The van der Waals surface area contributed by atoms with Crippen LogP contribution in [0.1, 0.15) is 25.3 Å². The Hall–Kier alpha value is -1.07. The van der Waals surface area contributed by atoms with Crippen molar-refractivity contribution in [1.29, 1.82) is 0 Å². The van der Waals surface area contributed by atoms with Gasteiger partial charge in [-0.25, -0.2) is 0 Å². The Balaban J connectivity index is 1.81. The first-order valence-electron chi connectivity index (χ1n) is 6.68. The Morgan fingerprint density at radius 2 is 2.26 bits per heavy atom. The quantitative estimate of drug-likeness (QED) is 0.494. The molecule has 1 atom stereocenters. The maximum atomic E-state index is 10.9. The highest BCUT2D eigenvalue weighted by Gasteiger charge is 2.28. The predicted octanol–water partition coefficient (Wildman–Crippen LogP) is 3.01. The van der Waals surface area contributed by atoms with E-state index in [4.69, 9.17) is 0 Å². The number of hydrogen-bond donors (Lipinski definition) is 1. The minimum Gasteiger partial charge on any atom is -0.315 e. The number of para-hydroxylation sites is 1. The third kappa shape index (κ3) is 3.94. The van der Waals surface area contributed by atoms with Crippen molar-refractivity contribution in [3.05, 3.63) is 39.9 Å². The van der Waals surface area contributed by atoms with E-state index in [0.29, 0.717) is 11.2 Å². The van der Waals surface area contributed by atoms with Gasteiger partial charge >= 0.3 is 0 Å². The normalized spacial score (nSPS) is 22.6. The fourth-order valence-electron chi connectivity index (χ4n) is 2.45. The van der Waals surface area contributed by atoms with Crippen LogP contribution in [0.25, 0.3) is 0 Å². The minimum absolute atomic E-state index is 0.228. The van der Waals surface area contributed by atoms with E-state index in [1.807, 2.05) is 23.9 Å². The molecule has 2 rings (SSSR count). The highest BCUT2D eigenvalue weighted by atomic mass is 32.2. The smallest absolute Gasteiger partial charge is 0.272 e. The van der Waals surface area contributed by atoms with Gasteiger partial charge in [0.05, 0.1) is 4.92 Å². The number of hydrogen-bond acceptors (Lipinski definition) is 4. The first-order valence-corrected chi connectivity index (χ1v) is 7.66. The van der Waals surface area contributed by atoms with E-state index in [2.05, 4.69) is 12.2 Å². The molecule has 1 heterocycles. The number of nitro benzene ring substituents is 1. The lowest BCUT2D eigenvalue weighted by molar-refractivity contribution is -0.385. The molecule has 1 N–H and O–H groups in total. The fourth-order valence-corrected chi connectivity index (χ4v) is 3.73. The average molecular weight is 280 g/mol. The minimum atomic E-state index is -0.302. The van der Waals surface area contributed by atoms with Gasteiger partial charge in [0.15, 0.2) is 0 Å². The summed E-state index contributed by atoms with van der Waals surface area (Å²) in [5, 5.41) is 14.3. The molecule has 1 fully saturated rings. The van der Waals surface area contributed by atoms with E-state index in [1.165, 1.54) is 18.6 Å². The molecule has 0 aromatic heterocycles. The summed E-state index contributed by atoms with van der Waals surface area (Å²) in [6, 6.07) is 6.98. The third-order valence-electron chi connectivity index (χ3n) is 3.56. The van der Waals surface area contributed by atoms with E-state index in [0.717, 1.165) is 18.7 Å². The number of nitrogens with one attached hydrogen (secondary N) is 1. The zero-order chi connectivity index (χ0) is 13.7. The molecule has 0 saturated carbocycles. The van der Waals surface area contributed by atoms with Crippen molar-refractivity contribution in [2.45, 2.75) is 30.9 Å². The summed E-state index contributed by atoms with van der Waals surface area (Å²) in [6.07, 6.45) is 3.26. The Labute approximate surface area is 118 Å². The summed E-state index contributed by atoms with van der Waals surface area (Å²) in [5.74, 6) is 1.25. The molecule has 19 heavy (non-hydrogen) atoms. The van der Waals surface area contributed by atoms with Crippen molar-refractivity contribution >= 4 is 17.4 Å². The van der Waals surface area contributed by atoms with Gasteiger partial charge in [-0.05, 0) is 38.5 Å². The van der Waals surface area contributed by atoms with Gasteiger partial charge in [-0.1, -0.05) is 18.2 Å². The second kappa shape index (κ2) is 6.39. The number of nitrogens with zero attached hydrogens (tertiary/aromatic N) is 1. The van der Waals surface area contributed by atoms with E-state index in [1.54, 1.807) is 12.1 Å². The van der Waals surface area contributed by atoms with Crippen LogP contribution in [-0.4, -0.2) is 28.5 Å². The molecule has 0 aliphatic carbocycles. The Bertz CT molecular complexity index is 445. The summed E-state index contributed by atoms with van der Waals surface area (Å²) in [6.45, 7) is 4.07.